The molecular weight excluding hydrogens is 436 g/mol. The molecule has 0 radical (unpaired) electrons. The first kappa shape index (κ1) is 28.1. The van der Waals surface area contributed by atoms with Crippen molar-refractivity contribution < 1.29 is 33.4 Å². The van der Waals surface area contributed by atoms with Gasteiger partial charge in [0.15, 0.2) is 17.3 Å². The lowest BCUT2D eigenvalue weighted by Crippen LogP contribution is -2.14. The van der Waals surface area contributed by atoms with Crippen LogP contribution in [0.25, 0.3) is 10.4 Å². The van der Waals surface area contributed by atoms with Crippen LogP contribution in [0.4, 0.5) is 5.69 Å². The maximum Gasteiger partial charge on any atom is 0.276 e. The third-order valence-electron chi connectivity index (χ3n) is 4.41. The highest BCUT2D eigenvalue weighted by molar-refractivity contribution is 5.80. The molecule has 1 aromatic rings. The van der Waals surface area contributed by atoms with Crippen LogP contribution in [0, 0.1) is 10.1 Å². The topological polar surface area (TPSA) is 155 Å². The van der Waals surface area contributed by atoms with E-state index in [-0.39, 0.29) is 36.2 Å². The van der Waals surface area contributed by atoms with Crippen LogP contribution >= 0.6 is 0 Å². The molecule has 0 aliphatic rings. The fourth-order valence-corrected chi connectivity index (χ4v) is 2.75. The molecule has 0 saturated carbocycles. The van der Waals surface area contributed by atoms with Crippen molar-refractivity contribution >= 4 is 11.5 Å². The van der Waals surface area contributed by atoms with Gasteiger partial charge in [-0.2, -0.15) is 0 Å². The van der Waals surface area contributed by atoms with Gasteiger partial charge in [0, 0.05) is 30.0 Å². The Hall–Kier alpha value is -2.92. The summed E-state index contributed by atoms with van der Waals surface area (Å²) in [7, 11) is 1.44. The normalized spacial score (nSPS) is 10.7. The third kappa shape index (κ3) is 11.5. The minimum atomic E-state index is -0.469. The van der Waals surface area contributed by atoms with Crippen LogP contribution in [0.3, 0.4) is 0 Å². The van der Waals surface area contributed by atoms with Crippen LogP contribution < -0.4 is 9.47 Å². The predicted octanol–water partition coefficient (Wildman–Crippen LogP) is 3.82. The molecule has 0 saturated heterocycles. The molecule has 0 fully saturated rings. The Morgan fingerprint density at radius 3 is 2.30 bits per heavy atom. The molecule has 0 amide bonds. The zero-order chi connectivity index (χ0) is 24.5. The number of methoxy groups -OCH3 is 1. The van der Waals surface area contributed by atoms with E-state index < -0.39 is 4.92 Å². The maximum atomic E-state index is 12.1. The number of hydrogen-bond donors (Lipinski definition) is 0. The summed E-state index contributed by atoms with van der Waals surface area (Å²) in [6, 6.07) is 2.88. The van der Waals surface area contributed by atoms with E-state index in [1.165, 1.54) is 13.2 Å². The molecule has 0 heterocycles. The van der Waals surface area contributed by atoms with E-state index in [9.17, 15) is 14.9 Å². The molecule has 0 atom stereocenters. The lowest BCUT2D eigenvalue weighted by Gasteiger charge is -2.14. The van der Waals surface area contributed by atoms with E-state index in [1.807, 2.05) is 13.8 Å². The first-order valence-corrected chi connectivity index (χ1v) is 10.7. The number of nitro groups is 1. The minimum Gasteiger partial charge on any atom is -0.493 e. The second-order valence-corrected chi connectivity index (χ2v) is 7.20. The third-order valence-corrected chi connectivity index (χ3v) is 4.41. The van der Waals surface area contributed by atoms with Crippen molar-refractivity contribution in [2.75, 3.05) is 59.9 Å². The summed E-state index contributed by atoms with van der Waals surface area (Å²) in [5.74, 6) is 0.299. The van der Waals surface area contributed by atoms with E-state index in [0.717, 1.165) is 0 Å². The van der Waals surface area contributed by atoms with Gasteiger partial charge in [-0.3, -0.25) is 14.9 Å². The summed E-state index contributed by atoms with van der Waals surface area (Å²) in [6.07, 6.45) is 0.780. The van der Waals surface area contributed by atoms with Crippen LogP contribution in [-0.4, -0.2) is 70.6 Å². The summed E-state index contributed by atoms with van der Waals surface area (Å²) >= 11 is 0. The molecular formula is C21H32N4O8. The molecule has 12 heteroatoms. The molecule has 0 aliphatic carbocycles. The minimum absolute atomic E-state index is 0.0657. The van der Waals surface area contributed by atoms with Crippen LogP contribution in [-0.2, 0) is 19.0 Å². The van der Waals surface area contributed by atoms with Gasteiger partial charge in [0.05, 0.1) is 51.1 Å². The first-order chi connectivity index (χ1) is 15.9. The Kier molecular flexibility index (Phi) is 14.2. The number of ether oxygens (including phenoxy) is 5. The molecule has 0 aromatic heterocycles. The molecule has 12 nitrogen and oxygen atoms in total. The molecule has 0 unspecified atom stereocenters. The number of nitro benzene ring substituents is 1. The van der Waals surface area contributed by atoms with Crippen molar-refractivity contribution in [2.45, 2.75) is 32.6 Å². The van der Waals surface area contributed by atoms with Gasteiger partial charge >= 0.3 is 0 Å². The standard InChI is InChI=1S/C21H32N4O8/c1-16(2)18-13-20(29-3)21(14-19(18)25(27)28)33-15-17(26)5-4-7-30-9-11-32-12-10-31-8-6-23-24-22/h13-14,16H,4-12,15H2,1-3H3. The number of ketones is 1. The summed E-state index contributed by atoms with van der Waals surface area (Å²) in [6.45, 7) is 6.16. The Morgan fingerprint density at radius 2 is 1.73 bits per heavy atom. The van der Waals surface area contributed by atoms with Crippen molar-refractivity contribution in [3.8, 4) is 11.5 Å². The number of nitrogens with zero attached hydrogens (tertiary/aromatic N) is 4. The number of carbonyl (C=O) groups excluding carboxylic acids is 1. The fourth-order valence-electron chi connectivity index (χ4n) is 2.75. The summed E-state index contributed by atoms with van der Waals surface area (Å²) in [4.78, 5) is 25.6. The zero-order valence-electron chi connectivity index (χ0n) is 19.4. The van der Waals surface area contributed by atoms with Crippen LogP contribution in [0.2, 0.25) is 0 Å². The van der Waals surface area contributed by atoms with Gasteiger partial charge in [-0.15, -0.1) is 0 Å². The average molecular weight is 469 g/mol. The van der Waals surface area contributed by atoms with Crippen molar-refractivity contribution in [1.29, 1.82) is 0 Å². The average Bonchev–Trinajstić information content (AvgIpc) is 2.79. The molecule has 0 aliphatic heterocycles. The Balaban J connectivity index is 2.24. The second-order valence-electron chi connectivity index (χ2n) is 7.20. The molecule has 1 aromatic carbocycles. The van der Waals surface area contributed by atoms with E-state index >= 15 is 0 Å². The van der Waals surface area contributed by atoms with Gasteiger partial charge in [-0.25, -0.2) is 0 Å². The van der Waals surface area contributed by atoms with E-state index in [4.69, 9.17) is 29.2 Å². The number of rotatable bonds is 19. The molecule has 1 rings (SSSR count). The molecule has 184 valence electrons. The Labute approximate surface area is 192 Å². The van der Waals surface area contributed by atoms with Crippen LogP contribution in [0.15, 0.2) is 17.2 Å². The van der Waals surface area contributed by atoms with Crippen LogP contribution in [0.1, 0.15) is 38.2 Å². The highest BCUT2D eigenvalue weighted by atomic mass is 16.6. The van der Waals surface area contributed by atoms with Gasteiger partial charge in [0.1, 0.15) is 6.61 Å². The Morgan fingerprint density at radius 1 is 1.09 bits per heavy atom. The lowest BCUT2D eigenvalue weighted by atomic mass is 10.0. The number of hydrogen-bond acceptors (Lipinski definition) is 9. The quantitative estimate of drug-likeness (QED) is 0.0741. The van der Waals surface area contributed by atoms with Crippen LogP contribution in [0.5, 0.6) is 11.5 Å². The smallest absolute Gasteiger partial charge is 0.276 e. The SMILES string of the molecule is COc1cc(C(C)C)c([N+](=O)[O-])cc1OCC(=O)CCCOCCOCCOCCN=[N+]=[N-]. The van der Waals surface area contributed by atoms with E-state index in [2.05, 4.69) is 10.0 Å². The molecule has 0 bridgehead atoms. The number of Topliss-reactive ketones (excluding diaryl/α,β-unsaturated/α-hetero) is 1. The lowest BCUT2D eigenvalue weighted by molar-refractivity contribution is -0.385. The number of carbonyl (C=O) groups is 1. The van der Waals surface area contributed by atoms with Crippen molar-refractivity contribution in [2.24, 2.45) is 5.11 Å². The van der Waals surface area contributed by atoms with Gasteiger partial charge in [-0.1, -0.05) is 19.0 Å². The summed E-state index contributed by atoms with van der Waals surface area (Å²) < 4.78 is 26.7. The van der Waals surface area contributed by atoms with E-state index in [0.29, 0.717) is 63.9 Å². The highest BCUT2D eigenvalue weighted by Gasteiger charge is 2.22. The van der Waals surface area contributed by atoms with Gasteiger partial charge in [-0.05, 0) is 23.9 Å². The largest absolute Gasteiger partial charge is 0.493 e. The molecule has 0 spiro atoms. The van der Waals surface area contributed by atoms with Crippen molar-refractivity contribution in [1.82, 2.24) is 0 Å². The second kappa shape index (κ2) is 16.7. The first-order valence-electron chi connectivity index (χ1n) is 10.7. The zero-order valence-corrected chi connectivity index (χ0v) is 19.4. The highest BCUT2D eigenvalue weighted by Crippen LogP contribution is 2.37. The van der Waals surface area contributed by atoms with Crippen molar-refractivity contribution in [3.63, 3.8) is 0 Å². The summed E-state index contributed by atoms with van der Waals surface area (Å²) in [5, 5.41) is 14.7. The van der Waals surface area contributed by atoms with Gasteiger partial charge in [0.25, 0.3) is 5.69 Å². The Bertz CT molecular complexity index is 797. The number of azide groups is 1. The van der Waals surface area contributed by atoms with E-state index in [1.54, 1.807) is 6.07 Å². The molecule has 33 heavy (non-hydrogen) atoms. The monoisotopic (exact) mass is 468 g/mol. The number of benzene rings is 1. The molecule has 0 N–H and O–H groups in total. The fraction of sp³-hybridized carbons (Fsp3) is 0.667. The van der Waals surface area contributed by atoms with Gasteiger partial charge < -0.3 is 23.7 Å². The predicted molar refractivity (Wildman–Crippen MR) is 120 cm³/mol. The van der Waals surface area contributed by atoms with Crippen molar-refractivity contribution in [3.05, 3.63) is 38.3 Å². The van der Waals surface area contributed by atoms with Gasteiger partial charge in [0.2, 0.25) is 0 Å². The summed E-state index contributed by atoms with van der Waals surface area (Å²) in [5.41, 5.74) is 8.59. The maximum absolute atomic E-state index is 12.1.